The van der Waals surface area contributed by atoms with Gasteiger partial charge in [0.05, 0.1) is 0 Å². The molecule has 5 aromatic rings. The van der Waals surface area contributed by atoms with Crippen LogP contribution in [0.25, 0.3) is 45.3 Å². The monoisotopic (exact) mass is 507 g/mol. The fourth-order valence-electron chi connectivity index (χ4n) is 5.82. The van der Waals surface area contributed by atoms with Crippen molar-refractivity contribution < 1.29 is 0 Å². The van der Waals surface area contributed by atoms with Gasteiger partial charge in [-0.05, 0) is 28.0 Å². The average Bonchev–Trinajstić information content (AvgIpc) is 3.20. The molecule has 2 heterocycles. The van der Waals surface area contributed by atoms with Crippen LogP contribution in [-0.4, -0.2) is 21.7 Å². The Labute approximate surface area is 232 Å². The second-order valence-corrected chi connectivity index (χ2v) is 12.1. The van der Waals surface area contributed by atoms with Crippen LogP contribution in [0.4, 0.5) is 0 Å². The molecule has 0 N–H and O–H groups in total. The Balaban J connectivity index is 1.35. The molecule has 1 fully saturated rings. The summed E-state index contributed by atoms with van der Waals surface area (Å²) >= 11 is 0. The molecule has 0 amide bonds. The molecule has 1 aliphatic heterocycles. The molecule has 0 unspecified atom stereocenters. The van der Waals surface area contributed by atoms with Crippen LogP contribution in [-0.2, 0) is 0 Å². The lowest BCUT2D eigenvalue weighted by molar-refractivity contribution is 0.177. The third-order valence-corrected chi connectivity index (χ3v) is 8.88. The Morgan fingerprint density at radius 3 is 1.41 bits per heavy atom. The number of nitrogens with zero attached hydrogens (tertiary/aromatic N) is 3. The first-order valence-electron chi connectivity index (χ1n) is 13.9. The van der Waals surface area contributed by atoms with Gasteiger partial charge < -0.3 is 0 Å². The zero-order valence-corrected chi connectivity index (χ0v) is 23.2. The Bertz CT molecular complexity index is 1520. The molecule has 192 valence electrons. The maximum atomic E-state index is 4.91. The van der Waals surface area contributed by atoms with Crippen molar-refractivity contribution in [3.05, 3.63) is 109 Å². The number of hydrogen-bond donors (Lipinski definition) is 0. The van der Waals surface area contributed by atoms with Gasteiger partial charge in [0.25, 0.3) is 0 Å². The normalized spacial score (nSPS) is 15.8. The maximum absolute atomic E-state index is 4.91. The molecular formula is C35H34BN3. The molecule has 3 nitrogen and oxygen atoms in total. The standard InChI is InChI=1S/C35H34BN3/c1-34(2)23-36(24-35(34,3)4)30-20-18-25(19-21-30)28-16-11-17-29(22-28)33-38-31(26-12-7-5-8-13-26)37-32(39-33)27-14-9-6-10-15-27/h5-22H,23-24H2,1-4H3. The lowest BCUT2D eigenvalue weighted by atomic mass is 9.42. The molecule has 0 aliphatic carbocycles. The molecule has 0 spiro atoms. The SMILES string of the molecule is CC1(C)CB(c2ccc(-c3cccc(-c4nc(-c5ccccc5)nc(-c5ccccc5)n4)c3)cc2)CC1(C)C. The zero-order valence-electron chi connectivity index (χ0n) is 23.2. The quantitative estimate of drug-likeness (QED) is 0.225. The van der Waals surface area contributed by atoms with Gasteiger partial charge in [0.1, 0.15) is 0 Å². The van der Waals surface area contributed by atoms with Gasteiger partial charge >= 0.3 is 0 Å². The highest BCUT2D eigenvalue weighted by Gasteiger charge is 2.47. The fraction of sp³-hybridized carbons (Fsp3) is 0.229. The summed E-state index contributed by atoms with van der Waals surface area (Å²) in [6.45, 7) is 10.3. The minimum atomic E-state index is 0.354. The van der Waals surface area contributed by atoms with Gasteiger partial charge in [-0.1, -0.05) is 149 Å². The summed E-state index contributed by atoms with van der Waals surface area (Å²) in [7, 11) is 0. The first-order valence-corrected chi connectivity index (χ1v) is 13.9. The average molecular weight is 507 g/mol. The van der Waals surface area contributed by atoms with Gasteiger partial charge in [0.15, 0.2) is 24.2 Å². The molecule has 0 atom stereocenters. The van der Waals surface area contributed by atoms with E-state index in [2.05, 4.69) is 76.2 Å². The molecule has 6 rings (SSSR count). The summed E-state index contributed by atoms with van der Waals surface area (Å²) in [4.78, 5) is 14.6. The smallest absolute Gasteiger partial charge is 0.176 e. The molecule has 1 saturated heterocycles. The molecule has 1 aromatic heterocycles. The first-order chi connectivity index (χ1) is 18.8. The zero-order chi connectivity index (χ0) is 27.0. The highest BCUT2D eigenvalue weighted by Crippen LogP contribution is 2.52. The van der Waals surface area contributed by atoms with Gasteiger partial charge in [0.2, 0.25) is 0 Å². The molecule has 0 bridgehead atoms. The van der Waals surface area contributed by atoms with Crippen LogP contribution in [0, 0.1) is 10.8 Å². The number of rotatable bonds is 5. The number of aromatic nitrogens is 3. The molecule has 39 heavy (non-hydrogen) atoms. The van der Waals surface area contributed by atoms with Gasteiger partial charge in [0, 0.05) is 16.7 Å². The van der Waals surface area contributed by atoms with Gasteiger partial charge in [-0.2, -0.15) is 0 Å². The van der Waals surface area contributed by atoms with Gasteiger partial charge in [-0.3, -0.25) is 0 Å². The molecule has 4 heteroatoms. The predicted octanol–water partition coefficient (Wildman–Crippen LogP) is 8.31. The lowest BCUT2D eigenvalue weighted by Gasteiger charge is -2.35. The van der Waals surface area contributed by atoms with E-state index in [0.717, 1.165) is 22.3 Å². The number of hydrogen-bond acceptors (Lipinski definition) is 3. The molecule has 0 saturated carbocycles. The van der Waals surface area contributed by atoms with E-state index in [1.54, 1.807) is 0 Å². The van der Waals surface area contributed by atoms with Crippen LogP contribution in [0.15, 0.2) is 109 Å². The van der Waals surface area contributed by atoms with Gasteiger partial charge in [-0.15, -0.1) is 0 Å². The summed E-state index contributed by atoms with van der Waals surface area (Å²) in [5.41, 5.74) is 7.45. The van der Waals surface area contributed by atoms with E-state index in [1.165, 1.54) is 23.7 Å². The van der Waals surface area contributed by atoms with E-state index in [1.807, 2.05) is 60.7 Å². The topological polar surface area (TPSA) is 38.7 Å². The van der Waals surface area contributed by atoms with Gasteiger partial charge in [-0.25, -0.2) is 15.0 Å². The lowest BCUT2D eigenvalue weighted by Crippen LogP contribution is -2.27. The Kier molecular flexibility index (Phi) is 6.42. The second-order valence-electron chi connectivity index (χ2n) is 12.1. The van der Waals surface area contributed by atoms with Crippen molar-refractivity contribution in [2.24, 2.45) is 10.8 Å². The van der Waals surface area contributed by atoms with Crippen LogP contribution < -0.4 is 5.46 Å². The predicted molar refractivity (Wildman–Crippen MR) is 164 cm³/mol. The van der Waals surface area contributed by atoms with Crippen LogP contribution in [0.1, 0.15) is 27.7 Å². The maximum Gasteiger partial charge on any atom is 0.176 e. The van der Waals surface area contributed by atoms with E-state index in [9.17, 15) is 0 Å². The second kappa shape index (κ2) is 9.92. The minimum absolute atomic E-state index is 0.354. The molecular weight excluding hydrogens is 473 g/mol. The Morgan fingerprint density at radius 2 is 0.897 bits per heavy atom. The van der Waals surface area contributed by atoms with E-state index in [0.29, 0.717) is 35.0 Å². The van der Waals surface area contributed by atoms with Crippen molar-refractivity contribution in [1.82, 2.24) is 15.0 Å². The van der Waals surface area contributed by atoms with Crippen molar-refractivity contribution in [2.75, 3.05) is 0 Å². The molecule has 4 aromatic carbocycles. The summed E-state index contributed by atoms with van der Waals surface area (Å²) < 4.78 is 0. The largest absolute Gasteiger partial charge is 0.208 e. The van der Waals surface area contributed by atoms with E-state index in [-0.39, 0.29) is 0 Å². The highest BCUT2D eigenvalue weighted by atomic mass is 15.0. The van der Waals surface area contributed by atoms with Crippen molar-refractivity contribution in [3.8, 4) is 45.3 Å². The molecule has 0 radical (unpaired) electrons. The van der Waals surface area contributed by atoms with Crippen molar-refractivity contribution in [2.45, 2.75) is 40.3 Å². The van der Waals surface area contributed by atoms with Crippen LogP contribution >= 0.6 is 0 Å². The summed E-state index contributed by atoms with van der Waals surface area (Å²) in [5, 5.41) is 0. The minimum Gasteiger partial charge on any atom is -0.208 e. The van der Waals surface area contributed by atoms with Crippen LogP contribution in [0.5, 0.6) is 0 Å². The Morgan fingerprint density at radius 1 is 0.462 bits per heavy atom. The van der Waals surface area contributed by atoms with E-state index in [4.69, 9.17) is 15.0 Å². The third kappa shape index (κ3) is 5.04. The third-order valence-electron chi connectivity index (χ3n) is 8.88. The van der Waals surface area contributed by atoms with Crippen molar-refractivity contribution in [1.29, 1.82) is 0 Å². The van der Waals surface area contributed by atoms with E-state index < -0.39 is 0 Å². The highest BCUT2D eigenvalue weighted by molar-refractivity contribution is 6.74. The summed E-state index contributed by atoms with van der Waals surface area (Å²) in [6, 6.07) is 37.9. The Hall–Kier alpha value is -4.05. The van der Waals surface area contributed by atoms with Crippen molar-refractivity contribution >= 4 is 12.2 Å². The van der Waals surface area contributed by atoms with E-state index >= 15 is 0 Å². The summed E-state index contributed by atoms with van der Waals surface area (Å²) in [6.07, 6.45) is 2.48. The fourth-order valence-corrected chi connectivity index (χ4v) is 5.82. The van der Waals surface area contributed by atoms with Crippen molar-refractivity contribution in [3.63, 3.8) is 0 Å². The van der Waals surface area contributed by atoms with Crippen LogP contribution in [0.2, 0.25) is 12.6 Å². The first kappa shape index (κ1) is 25.2. The molecule has 1 aliphatic rings. The number of benzene rings is 4. The van der Waals surface area contributed by atoms with Crippen LogP contribution in [0.3, 0.4) is 0 Å². The summed E-state index contributed by atoms with van der Waals surface area (Å²) in [5.74, 6) is 2.03.